The lowest BCUT2D eigenvalue weighted by Gasteiger charge is -2.59. The molecular formula is C39H42N2O10S2. The van der Waals surface area contributed by atoms with E-state index < -0.39 is 65.1 Å². The zero-order valence-corrected chi connectivity index (χ0v) is 30.4. The molecule has 2 fully saturated rings. The number of hydrogen-bond donors (Lipinski definition) is 8. The van der Waals surface area contributed by atoms with Gasteiger partial charge in [0.05, 0.1) is 36.4 Å². The van der Waals surface area contributed by atoms with Gasteiger partial charge in [-0.2, -0.15) is 0 Å². The molecule has 1 saturated heterocycles. The Morgan fingerprint density at radius 2 is 1.81 bits per heavy atom. The van der Waals surface area contributed by atoms with Crippen molar-refractivity contribution in [1.82, 2.24) is 10.6 Å². The lowest BCUT2D eigenvalue weighted by Crippen LogP contribution is -2.77. The monoisotopic (exact) mass is 762 g/mol. The van der Waals surface area contributed by atoms with Gasteiger partial charge in [-0.1, -0.05) is 70.1 Å². The second kappa shape index (κ2) is 13.9. The molecule has 1 saturated carbocycles. The third-order valence-corrected chi connectivity index (χ3v) is 13.9. The first-order chi connectivity index (χ1) is 25.5. The van der Waals surface area contributed by atoms with Crippen LogP contribution in [0.25, 0.3) is 0 Å². The molecule has 0 amide bonds. The molecule has 14 heteroatoms. The predicted octanol–water partition coefficient (Wildman–Crippen LogP) is 2.82. The van der Waals surface area contributed by atoms with Crippen LogP contribution < -0.4 is 15.4 Å². The molecule has 53 heavy (non-hydrogen) atoms. The highest BCUT2D eigenvalue weighted by atomic mass is 33.1. The van der Waals surface area contributed by atoms with Gasteiger partial charge in [0.25, 0.3) is 0 Å². The van der Waals surface area contributed by atoms with Gasteiger partial charge in [-0.05, 0) is 72.1 Å². The van der Waals surface area contributed by atoms with Gasteiger partial charge in [0.15, 0.2) is 11.6 Å². The maximum Gasteiger partial charge on any atom is 0.229 e. The van der Waals surface area contributed by atoms with Crippen molar-refractivity contribution in [2.75, 3.05) is 24.8 Å². The Hall–Kier alpha value is -3.60. The molecule has 7 bridgehead atoms. The third-order valence-electron chi connectivity index (χ3n) is 11.7. The number of benzene rings is 2. The molecule has 3 aliphatic heterocycles. The Labute approximate surface area is 314 Å². The van der Waals surface area contributed by atoms with Crippen molar-refractivity contribution >= 4 is 33.2 Å². The van der Waals surface area contributed by atoms with Crippen LogP contribution in [0.3, 0.4) is 0 Å². The van der Waals surface area contributed by atoms with Crippen LogP contribution >= 0.6 is 21.6 Å². The van der Waals surface area contributed by atoms with E-state index in [1.54, 1.807) is 24.3 Å². The van der Waals surface area contributed by atoms with E-state index in [9.17, 15) is 35.4 Å². The van der Waals surface area contributed by atoms with Gasteiger partial charge >= 0.3 is 0 Å². The zero-order chi connectivity index (χ0) is 37.1. The van der Waals surface area contributed by atoms with E-state index in [1.165, 1.54) is 33.7 Å². The molecule has 8 atom stereocenters. The zero-order valence-electron chi connectivity index (χ0n) is 28.7. The number of aliphatic hydroxyl groups excluding tert-OH is 5. The number of dihydropyridines is 1. The van der Waals surface area contributed by atoms with Gasteiger partial charge in [-0.15, -0.1) is 0 Å². The van der Waals surface area contributed by atoms with Crippen molar-refractivity contribution in [3.05, 3.63) is 112 Å². The fraction of sp³-hybridized carbons (Fsp3) is 0.436. The fourth-order valence-electron chi connectivity index (χ4n) is 8.86. The minimum absolute atomic E-state index is 0.0376. The maximum absolute atomic E-state index is 15.0. The van der Waals surface area contributed by atoms with Crippen LogP contribution in [-0.2, 0) is 17.8 Å². The molecule has 0 aromatic heterocycles. The quantitative estimate of drug-likeness (QED) is 0.212. The molecule has 8 rings (SSSR count). The Bertz CT molecular complexity index is 1960. The SMILES string of the molecule is O=C1c2cccc3c2C(=O)C2(CSSCNC4=CC(=CCN4)CC4CCC5(CO)OC(O3)C(O)C4(O)C5O)C(O)=CC(Cc3cccc(CO)c3)=CC12. The van der Waals surface area contributed by atoms with Crippen molar-refractivity contribution in [2.24, 2.45) is 17.3 Å². The Kier molecular flexibility index (Phi) is 9.55. The molecule has 3 aliphatic carbocycles. The molecule has 12 nitrogen and oxygen atoms in total. The second-order valence-corrected chi connectivity index (χ2v) is 17.1. The van der Waals surface area contributed by atoms with Crippen LogP contribution in [0.1, 0.15) is 51.1 Å². The Morgan fingerprint density at radius 3 is 2.62 bits per heavy atom. The number of fused-ring (bicyclic) bond motifs is 3. The van der Waals surface area contributed by atoms with Crippen molar-refractivity contribution in [3.8, 4) is 5.75 Å². The first-order valence-corrected chi connectivity index (χ1v) is 20.2. The molecule has 3 heterocycles. The van der Waals surface area contributed by atoms with Gasteiger partial charge in [0.1, 0.15) is 40.3 Å². The molecule has 0 radical (unpaired) electrons. The van der Waals surface area contributed by atoms with Crippen molar-refractivity contribution in [1.29, 1.82) is 0 Å². The number of aliphatic hydroxyl groups is 6. The van der Waals surface area contributed by atoms with E-state index in [-0.39, 0.29) is 41.4 Å². The summed E-state index contributed by atoms with van der Waals surface area (Å²) in [5.74, 6) is -1.82. The number of carbonyl (C=O) groups is 2. The van der Waals surface area contributed by atoms with E-state index in [1.807, 2.05) is 30.4 Å². The number of ether oxygens (including phenoxy) is 2. The number of ketones is 2. The van der Waals surface area contributed by atoms with Gasteiger partial charge in [0, 0.05) is 17.9 Å². The van der Waals surface area contributed by atoms with Gasteiger partial charge in [0.2, 0.25) is 6.29 Å². The lowest BCUT2D eigenvalue weighted by molar-refractivity contribution is -0.376. The first-order valence-electron chi connectivity index (χ1n) is 17.7. The van der Waals surface area contributed by atoms with Gasteiger partial charge < -0.3 is 50.7 Å². The van der Waals surface area contributed by atoms with Crippen molar-refractivity contribution < 1.29 is 49.7 Å². The summed E-state index contributed by atoms with van der Waals surface area (Å²) in [6, 6.07) is 11.9. The Morgan fingerprint density at radius 1 is 1.00 bits per heavy atom. The minimum atomic E-state index is -2.17. The molecule has 6 aliphatic rings. The Balaban J connectivity index is 1.23. The van der Waals surface area contributed by atoms with Crippen molar-refractivity contribution in [2.45, 2.75) is 62.0 Å². The summed E-state index contributed by atoms with van der Waals surface area (Å²) in [5, 5.41) is 74.5. The van der Waals surface area contributed by atoms with Gasteiger partial charge in [-0.3, -0.25) is 9.59 Å². The summed E-state index contributed by atoms with van der Waals surface area (Å²) >= 11 is 0. The highest BCUT2D eigenvalue weighted by molar-refractivity contribution is 8.76. The number of carbonyl (C=O) groups excluding carboxylic acids is 2. The summed E-state index contributed by atoms with van der Waals surface area (Å²) in [6.45, 7) is -0.291. The first kappa shape index (κ1) is 36.4. The molecule has 2 aromatic carbocycles. The van der Waals surface area contributed by atoms with Crippen LogP contribution in [0.4, 0.5) is 0 Å². The summed E-state index contributed by atoms with van der Waals surface area (Å²) in [7, 11) is 2.78. The maximum atomic E-state index is 15.0. The second-order valence-electron chi connectivity index (χ2n) is 14.7. The lowest BCUT2D eigenvalue weighted by atomic mass is 9.60. The number of hydrogen-bond acceptors (Lipinski definition) is 14. The van der Waals surface area contributed by atoms with Gasteiger partial charge in [-0.25, -0.2) is 0 Å². The molecule has 8 N–H and O–H groups in total. The van der Waals surface area contributed by atoms with E-state index in [0.29, 0.717) is 37.3 Å². The number of Topliss-reactive ketones (excluding diaryl/α,β-unsaturated/α-hetero) is 2. The average molecular weight is 763 g/mol. The number of rotatable bonds is 4. The van der Waals surface area contributed by atoms with E-state index in [4.69, 9.17) is 9.47 Å². The third kappa shape index (κ3) is 5.86. The van der Waals surface area contributed by atoms with Crippen LogP contribution in [0.15, 0.2) is 89.5 Å². The van der Waals surface area contributed by atoms with Crippen LogP contribution in [0.5, 0.6) is 5.75 Å². The molecular weight excluding hydrogens is 721 g/mol. The summed E-state index contributed by atoms with van der Waals surface area (Å²) in [4.78, 5) is 29.6. The minimum Gasteiger partial charge on any atom is -0.511 e. The predicted molar refractivity (Wildman–Crippen MR) is 198 cm³/mol. The standard InChI is InChI=1S/C39H42N2O10S2/c42-17-23-4-1-3-21(11-23)12-24-14-27-32(45)26-5-2-6-28-31(26)33(46)38(27,29(44)15-24)19-52-53-20-41-30-16-22(8-10-40-30)13-25-7-9-37(18-43)36(48)39(25,49)34(47)35(50-28)51-37/h1-6,8,11,14-16,25,27,34-36,40-44,47-49H,7,9-10,12-13,17-20H2. The number of allylic oxidation sites excluding steroid dienone is 6. The molecule has 8 unspecified atom stereocenters. The highest BCUT2D eigenvalue weighted by Crippen LogP contribution is 2.55. The van der Waals surface area contributed by atoms with Crippen molar-refractivity contribution in [3.63, 3.8) is 0 Å². The average Bonchev–Trinajstić information content (AvgIpc) is 3.16. The molecule has 1 spiro atoms. The largest absolute Gasteiger partial charge is 0.511 e. The van der Waals surface area contributed by atoms with Crippen LogP contribution in [0.2, 0.25) is 0 Å². The molecule has 280 valence electrons. The smallest absolute Gasteiger partial charge is 0.229 e. The highest BCUT2D eigenvalue weighted by Gasteiger charge is 2.68. The summed E-state index contributed by atoms with van der Waals surface area (Å²) < 4.78 is 12.4. The topological polar surface area (TPSA) is 198 Å². The van der Waals surface area contributed by atoms with E-state index in [0.717, 1.165) is 22.5 Å². The summed E-state index contributed by atoms with van der Waals surface area (Å²) in [6.07, 6.45) is 3.22. The number of nitrogens with one attached hydrogen (secondary N) is 2. The fourth-order valence-corrected chi connectivity index (χ4v) is 11.1. The molecule has 2 aromatic rings. The normalized spacial score (nSPS) is 35.2. The van der Waals surface area contributed by atoms with E-state index >= 15 is 4.79 Å². The van der Waals surface area contributed by atoms with Crippen LogP contribution in [-0.4, -0.2) is 96.7 Å². The summed E-state index contributed by atoms with van der Waals surface area (Å²) in [5.41, 5.74) is -2.43. The van der Waals surface area contributed by atoms with Crippen LogP contribution in [0, 0.1) is 17.3 Å². The van der Waals surface area contributed by atoms with E-state index in [2.05, 4.69) is 10.6 Å².